The van der Waals surface area contributed by atoms with Crippen LogP contribution in [-0.4, -0.2) is 32.4 Å². The predicted octanol–water partition coefficient (Wildman–Crippen LogP) is 2.25. The van der Waals surface area contributed by atoms with Gasteiger partial charge in [-0.3, -0.25) is 0 Å². The smallest absolute Gasteiger partial charge is 0.340 e. The number of esters is 1. The van der Waals surface area contributed by atoms with Crippen molar-refractivity contribution >= 4 is 11.7 Å². The molecule has 0 aromatic heterocycles. The van der Waals surface area contributed by atoms with Crippen LogP contribution in [0.3, 0.4) is 0 Å². The first-order valence-electron chi connectivity index (χ1n) is 6.98. The second-order valence-electron chi connectivity index (χ2n) is 4.84. The zero-order valence-electron chi connectivity index (χ0n) is 11.8. The first kappa shape index (κ1) is 14.7. The van der Waals surface area contributed by atoms with Gasteiger partial charge in [-0.2, -0.15) is 0 Å². The zero-order chi connectivity index (χ0) is 14.4. The minimum atomic E-state index is -0.415. The molecule has 0 aliphatic carbocycles. The van der Waals surface area contributed by atoms with Crippen molar-refractivity contribution in [1.82, 2.24) is 0 Å². The van der Waals surface area contributed by atoms with Crippen LogP contribution < -0.4 is 10.5 Å². The lowest BCUT2D eigenvalue weighted by Gasteiger charge is -2.22. The van der Waals surface area contributed by atoms with Gasteiger partial charge in [-0.1, -0.05) is 0 Å². The first-order valence-corrected chi connectivity index (χ1v) is 6.98. The molecule has 2 N–H and O–H groups in total. The van der Waals surface area contributed by atoms with E-state index in [-0.39, 0.29) is 0 Å². The Labute approximate surface area is 119 Å². The van der Waals surface area contributed by atoms with Crippen molar-refractivity contribution in [2.45, 2.75) is 19.8 Å². The molecule has 0 spiro atoms. The van der Waals surface area contributed by atoms with Gasteiger partial charge in [0, 0.05) is 18.9 Å². The van der Waals surface area contributed by atoms with Crippen LogP contribution in [0.2, 0.25) is 0 Å². The van der Waals surface area contributed by atoms with E-state index in [1.54, 1.807) is 25.1 Å². The summed E-state index contributed by atoms with van der Waals surface area (Å²) in [4.78, 5) is 11.7. The molecule has 1 aromatic carbocycles. The van der Waals surface area contributed by atoms with Crippen molar-refractivity contribution in [2.75, 3.05) is 32.2 Å². The fourth-order valence-corrected chi connectivity index (χ4v) is 2.14. The average molecular weight is 279 g/mol. The van der Waals surface area contributed by atoms with Crippen molar-refractivity contribution in [1.29, 1.82) is 0 Å². The molecule has 110 valence electrons. The van der Waals surface area contributed by atoms with E-state index in [9.17, 15) is 4.79 Å². The molecule has 20 heavy (non-hydrogen) atoms. The molecule has 2 rings (SSSR count). The Balaban J connectivity index is 1.97. The lowest BCUT2D eigenvalue weighted by Crippen LogP contribution is -2.21. The summed E-state index contributed by atoms with van der Waals surface area (Å²) in [6, 6.07) is 5.09. The van der Waals surface area contributed by atoms with Crippen molar-refractivity contribution in [3.63, 3.8) is 0 Å². The number of nitrogens with two attached hydrogens (primary N) is 1. The van der Waals surface area contributed by atoms with Crippen molar-refractivity contribution in [2.24, 2.45) is 5.92 Å². The highest BCUT2D eigenvalue weighted by Gasteiger charge is 2.16. The molecule has 1 aliphatic heterocycles. The van der Waals surface area contributed by atoms with E-state index in [0.717, 1.165) is 26.1 Å². The fraction of sp³-hybridized carbons (Fsp3) is 0.533. The van der Waals surface area contributed by atoms with E-state index in [1.807, 2.05) is 0 Å². The molecule has 1 aromatic rings. The molecule has 0 amide bonds. The van der Waals surface area contributed by atoms with Crippen molar-refractivity contribution in [3.05, 3.63) is 23.8 Å². The highest BCUT2D eigenvalue weighted by atomic mass is 16.5. The summed E-state index contributed by atoms with van der Waals surface area (Å²) < 4.78 is 16.0. The molecule has 1 fully saturated rings. The number of nitrogen functional groups attached to an aromatic ring is 1. The Morgan fingerprint density at radius 3 is 2.85 bits per heavy atom. The number of benzene rings is 1. The average Bonchev–Trinajstić information content (AvgIpc) is 2.47. The van der Waals surface area contributed by atoms with Crippen LogP contribution in [0.4, 0.5) is 5.69 Å². The molecule has 0 saturated carbocycles. The molecule has 5 nitrogen and oxygen atoms in total. The normalized spacial score (nSPS) is 15.8. The van der Waals surface area contributed by atoms with E-state index >= 15 is 0 Å². The third kappa shape index (κ3) is 3.87. The summed E-state index contributed by atoms with van der Waals surface area (Å²) >= 11 is 0. The number of ether oxygens (including phenoxy) is 3. The van der Waals surface area contributed by atoms with E-state index < -0.39 is 5.97 Å². The summed E-state index contributed by atoms with van der Waals surface area (Å²) in [5.74, 6) is 0.739. The van der Waals surface area contributed by atoms with Gasteiger partial charge < -0.3 is 19.9 Å². The molecule has 1 saturated heterocycles. The second-order valence-corrected chi connectivity index (χ2v) is 4.84. The van der Waals surface area contributed by atoms with E-state index in [4.69, 9.17) is 19.9 Å². The first-order chi connectivity index (χ1) is 9.70. The van der Waals surface area contributed by atoms with Gasteiger partial charge in [-0.25, -0.2) is 4.79 Å². The van der Waals surface area contributed by atoms with Crippen LogP contribution in [0.1, 0.15) is 30.1 Å². The van der Waals surface area contributed by atoms with E-state index in [1.165, 1.54) is 0 Å². The monoisotopic (exact) mass is 279 g/mol. The topological polar surface area (TPSA) is 70.8 Å². The van der Waals surface area contributed by atoms with Gasteiger partial charge in [-0.15, -0.1) is 0 Å². The Bertz CT molecular complexity index is 455. The largest absolute Gasteiger partial charge is 0.493 e. The summed E-state index contributed by atoms with van der Waals surface area (Å²) in [5.41, 5.74) is 6.55. The number of anilines is 1. The minimum absolute atomic E-state index is 0.325. The van der Waals surface area contributed by atoms with Gasteiger partial charge in [0.05, 0.1) is 18.8 Å². The Hall–Kier alpha value is -1.75. The van der Waals surface area contributed by atoms with Crippen LogP contribution in [0.25, 0.3) is 0 Å². The highest BCUT2D eigenvalue weighted by Crippen LogP contribution is 2.22. The molecule has 1 aliphatic rings. The second kappa shape index (κ2) is 7.14. The van der Waals surface area contributed by atoms with Crippen molar-refractivity contribution < 1.29 is 19.0 Å². The molecular formula is C15H21NO4. The number of carbonyl (C=O) groups excluding carboxylic acids is 1. The summed E-state index contributed by atoms with van der Waals surface area (Å²) in [5, 5.41) is 0. The predicted molar refractivity (Wildman–Crippen MR) is 75.8 cm³/mol. The lowest BCUT2D eigenvalue weighted by atomic mass is 10.0. The lowest BCUT2D eigenvalue weighted by molar-refractivity contribution is 0.0495. The van der Waals surface area contributed by atoms with Crippen molar-refractivity contribution in [3.8, 4) is 5.75 Å². The molecule has 1 heterocycles. The van der Waals surface area contributed by atoms with Crippen LogP contribution >= 0.6 is 0 Å². The molecule has 0 bridgehead atoms. The molecular weight excluding hydrogens is 258 g/mol. The fourth-order valence-electron chi connectivity index (χ4n) is 2.14. The van der Waals surface area contributed by atoms with Gasteiger partial charge in [-0.05, 0) is 43.9 Å². The van der Waals surface area contributed by atoms with Gasteiger partial charge in [0.15, 0.2) is 0 Å². The SMILES string of the molecule is CCOC(=O)c1cc(OCC2CCOCC2)ccc1N. The number of hydrogen-bond acceptors (Lipinski definition) is 5. The Kier molecular flexibility index (Phi) is 5.24. The molecule has 0 unspecified atom stereocenters. The Morgan fingerprint density at radius 1 is 1.40 bits per heavy atom. The van der Waals surface area contributed by atoms with Crippen LogP contribution in [0.15, 0.2) is 18.2 Å². The maximum absolute atomic E-state index is 11.7. The van der Waals surface area contributed by atoms with Gasteiger partial charge in [0.2, 0.25) is 0 Å². The summed E-state index contributed by atoms with van der Waals surface area (Å²) in [6.07, 6.45) is 2.03. The summed E-state index contributed by atoms with van der Waals surface area (Å²) in [6.45, 7) is 4.31. The minimum Gasteiger partial charge on any atom is -0.493 e. The third-order valence-corrected chi connectivity index (χ3v) is 3.35. The van der Waals surface area contributed by atoms with Gasteiger partial charge >= 0.3 is 5.97 Å². The number of rotatable bonds is 5. The maximum atomic E-state index is 11.7. The molecule has 0 atom stereocenters. The summed E-state index contributed by atoms with van der Waals surface area (Å²) in [7, 11) is 0. The maximum Gasteiger partial charge on any atom is 0.340 e. The molecule has 5 heteroatoms. The zero-order valence-corrected chi connectivity index (χ0v) is 11.8. The van der Waals surface area contributed by atoms with Gasteiger partial charge in [0.1, 0.15) is 5.75 Å². The quantitative estimate of drug-likeness (QED) is 0.661. The van der Waals surface area contributed by atoms with Crippen LogP contribution in [0.5, 0.6) is 5.75 Å². The number of hydrogen-bond donors (Lipinski definition) is 1. The Morgan fingerprint density at radius 2 is 2.15 bits per heavy atom. The van der Waals surface area contributed by atoms with Gasteiger partial charge in [0.25, 0.3) is 0 Å². The van der Waals surface area contributed by atoms with E-state index in [2.05, 4.69) is 0 Å². The molecule has 0 radical (unpaired) electrons. The van der Waals surface area contributed by atoms with E-state index in [0.29, 0.717) is 36.1 Å². The number of carbonyl (C=O) groups is 1. The van der Waals surface area contributed by atoms with Crippen LogP contribution in [-0.2, 0) is 9.47 Å². The third-order valence-electron chi connectivity index (χ3n) is 3.35. The van der Waals surface area contributed by atoms with Crippen LogP contribution in [0, 0.1) is 5.92 Å². The standard InChI is InChI=1S/C15H21NO4/c1-2-19-15(17)13-9-12(3-4-14(13)16)20-10-11-5-7-18-8-6-11/h3-4,9,11H,2,5-8,10,16H2,1H3. The highest BCUT2D eigenvalue weighted by molar-refractivity contribution is 5.95.